The lowest BCUT2D eigenvalue weighted by molar-refractivity contribution is 0.117. The van der Waals surface area contributed by atoms with Crippen LogP contribution in [-0.2, 0) is 0 Å². The van der Waals surface area contributed by atoms with E-state index in [4.69, 9.17) is 4.74 Å². The molecule has 0 aliphatic carbocycles. The SMILES string of the molecule is O[C@@H](CNc1ncnc2sccc12)COc1ccccc1. The summed E-state index contributed by atoms with van der Waals surface area (Å²) in [6, 6.07) is 11.4. The van der Waals surface area contributed by atoms with Crippen molar-refractivity contribution in [2.75, 3.05) is 18.5 Å². The number of anilines is 1. The van der Waals surface area contributed by atoms with Crippen molar-refractivity contribution in [2.45, 2.75) is 6.10 Å². The second kappa shape index (κ2) is 6.51. The molecule has 3 aromatic rings. The number of nitrogens with zero attached hydrogens (tertiary/aromatic N) is 2. The fourth-order valence-corrected chi connectivity index (χ4v) is 2.65. The van der Waals surface area contributed by atoms with Gasteiger partial charge in [0, 0.05) is 6.54 Å². The third kappa shape index (κ3) is 3.48. The first kappa shape index (κ1) is 13.8. The van der Waals surface area contributed by atoms with Gasteiger partial charge in [-0.15, -0.1) is 11.3 Å². The Hall–Kier alpha value is -2.18. The van der Waals surface area contributed by atoms with Crippen LogP contribution in [0.2, 0.25) is 0 Å². The van der Waals surface area contributed by atoms with Crippen LogP contribution in [0.25, 0.3) is 10.2 Å². The number of thiophene rings is 1. The number of hydrogen-bond donors (Lipinski definition) is 2. The quantitative estimate of drug-likeness (QED) is 0.732. The fourth-order valence-electron chi connectivity index (χ4n) is 1.91. The molecular weight excluding hydrogens is 286 g/mol. The highest BCUT2D eigenvalue weighted by Gasteiger charge is 2.08. The van der Waals surface area contributed by atoms with Crippen LogP contribution in [0.5, 0.6) is 5.75 Å². The normalized spacial score (nSPS) is 12.2. The number of hydrogen-bond acceptors (Lipinski definition) is 6. The van der Waals surface area contributed by atoms with Crippen LogP contribution < -0.4 is 10.1 Å². The zero-order chi connectivity index (χ0) is 14.5. The first-order valence-corrected chi connectivity index (χ1v) is 7.49. The predicted molar refractivity (Wildman–Crippen MR) is 83.8 cm³/mol. The molecule has 0 unspecified atom stereocenters. The number of fused-ring (bicyclic) bond motifs is 1. The molecule has 0 bridgehead atoms. The Morgan fingerprint density at radius 3 is 2.90 bits per heavy atom. The number of nitrogens with one attached hydrogen (secondary N) is 1. The molecule has 2 heterocycles. The molecule has 21 heavy (non-hydrogen) atoms. The molecule has 0 radical (unpaired) electrons. The van der Waals surface area contributed by atoms with Crippen LogP contribution in [0.3, 0.4) is 0 Å². The van der Waals surface area contributed by atoms with Gasteiger partial charge in [-0.3, -0.25) is 0 Å². The van der Waals surface area contributed by atoms with Crippen LogP contribution in [-0.4, -0.2) is 34.3 Å². The minimum atomic E-state index is -0.617. The lowest BCUT2D eigenvalue weighted by atomic mass is 10.3. The second-order valence-electron chi connectivity index (χ2n) is 4.52. The standard InChI is InChI=1S/C15H15N3O2S/c19-11(9-20-12-4-2-1-3-5-12)8-16-14-13-6-7-21-15(13)18-10-17-14/h1-7,10-11,19H,8-9H2,(H,16,17,18)/t11-/m0/s1. The molecule has 108 valence electrons. The lowest BCUT2D eigenvalue weighted by Crippen LogP contribution is -2.26. The van der Waals surface area contributed by atoms with Crippen molar-refractivity contribution in [1.29, 1.82) is 0 Å². The molecule has 6 heteroatoms. The van der Waals surface area contributed by atoms with Crippen LogP contribution in [0, 0.1) is 0 Å². The molecule has 0 fully saturated rings. The molecule has 0 saturated heterocycles. The summed E-state index contributed by atoms with van der Waals surface area (Å²) in [5, 5.41) is 16.0. The number of aliphatic hydroxyl groups is 1. The van der Waals surface area contributed by atoms with Crippen molar-refractivity contribution < 1.29 is 9.84 Å². The summed E-state index contributed by atoms with van der Waals surface area (Å²) in [7, 11) is 0. The molecule has 5 nitrogen and oxygen atoms in total. The highest BCUT2D eigenvalue weighted by molar-refractivity contribution is 7.16. The van der Waals surface area contributed by atoms with Crippen LogP contribution in [0.15, 0.2) is 48.1 Å². The van der Waals surface area contributed by atoms with Gasteiger partial charge in [0.2, 0.25) is 0 Å². The number of ether oxygens (including phenoxy) is 1. The topological polar surface area (TPSA) is 67.3 Å². The van der Waals surface area contributed by atoms with Crippen molar-refractivity contribution in [3.63, 3.8) is 0 Å². The Kier molecular flexibility index (Phi) is 4.28. The van der Waals surface area contributed by atoms with E-state index in [1.54, 1.807) is 11.3 Å². The third-order valence-corrected chi connectivity index (χ3v) is 3.77. The summed E-state index contributed by atoms with van der Waals surface area (Å²) >= 11 is 1.56. The molecule has 3 rings (SSSR count). The number of aliphatic hydroxyl groups excluding tert-OH is 1. The van der Waals surface area contributed by atoms with Crippen molar-refractivity contribution in [2.24, 2.45) is 0 Å². The Morgan fingerprint density at radius 1 is 1.19 bits per heavy atom. The predicted octanol–water partition coefficient (Wildman–Crippen LogP) is 2.54. The Bertz CT molecular complexity index is 702. The molecule has 0 amide bonds. The lowest BCUT2D eigenvalue weighted by Gasteiger charge is -2.13. The first-order chi connectivity index (χ1) is 10.3. The number of rotatable bonds is 6. The summed E-state index contributed by atoms with van der Waals surface area (Å²) in [6.07, 6.45) is 0.905. The molecular formula is C15H15N3O2S. The van der Waals surface area contributed by atoms with E-state index in [1.807, 2.05) is 41.8 Å². The van der Waals surface area contributed by atoms with Crippen LogP contribution >= 0.6 is 11.3 Å². The van der Waals surface area contributed by atoms with Gasteiger partial charge in [-0.05, 0) is 23.6 Å². The smallest absolute Gasteiger partial charge is 0.138 e. The van der Waals surface area contributed by atoms with Crippen LogP contribution in [0.1, 0.15) is 0 Å². The van der Waals surface area contributed by atoms with Gasteiger partial charge in [0.15, 0.2) is 0 Å². The third-order valence-electron chi connectivity index (χ3n) is 2.95. The van der Waals surface area contributed by atoms with E-state index >= 15 is 0 Å². The summed E-state index contributed by atoms with van der Waals surface area (Å²) < 4.78 is 5.51. The zero-order valence-electron chi connectivity index (χ0n) is 11.3. The average molecular weight is 301 g/mol. The maximum atomic E-state index is 9.97. The summed E-state index contributed by atoms with van der Waals surface area (Å²) in [4.78, 5) is 9.32. The van der Waals surface area contributed by atoms with E-state index in [-0.39, 0.29) is 6.61 Å². The second-order valence-corrected chi connectivity index (χ2v) is 5.42. The molecule has 1 aromatic carbocycles. The van der Waals surface area contributed by atoms with Gasteiger partial charge in [0.1, 0.15) is 35.4 Å². The van der Waals surface area contributed by atoms with Crippen molar-refractivity contribution in [3.05, 3.63) is 48.1 Å². The largest absolute Gasteiger partial charge is 0.491 e. The first-order valence-electron chi connectivity index (χ1n) is 6.61. The van der Waals surface area contributed by atoms with Gasteiger partial charge in [-0.2, -0.15) is 0 Å². The fraction of sp³-hybridized carbons (Fsp3) is 0.200. The maximum Gasteiger partial charge on any atom is 0.138 e. The van der Waals surface area contributed by atoms with Gasteiger partial charge in [0.05, 0.1) is 5.39 Å². The van der Waals surface area contributed by atoms with Gasteiger partial charge < -0.3 is 15.2 Å². The molecule has 2 aromatic heterocycles. The Balaban J connectivity index is 1.54. The van der Waals surface area contributed by atoms with Crippen molar-refractivity contribution >= 4 is 27.4 Å². The molecule has 0 aliphatic heterocycles. The van der Waals surface area contributed by atoms with E-state index in [9.17, 15) is 5.11 Å². The highest BCUT2D eigenvalue weighted by atomic mass is 32.1. The van der Waals surface area contributed by atoms with E-state index in [0.29, 0.717) is 6.54 Å². The number of benzene rings is 1. The maximum absolute atomic E-state index is 9.97. The van der Waals surface area contributed by atoms with Crippen molar-refractivity contribution in [1.82, 2.24) is 9.97 Å². The molecule has 1 atom stereocenters. The minimum absolute atomic E-state index is 0.231. The molecule has 0 spiro atoms. The Morgan fingerprint density at radius 2 is 2.05 bits per heavy atom. The van der Waals surface area contributed by atoms with Gasteiger partial charge in [-0.1, -0.05) is 18.2 Å². The summed E-state index contributed by atoms with van der Waals surface area (Å²) in [6.45, 7) is 0.601. The summed E-state index contributed by atoms with van der Waals surface area (Å²) in [5.41, 5.74) is 0. The average Bonchev–Trinajstić information content (AvgIpc) is 3.01. The van der Waals surface area contributed by atoms with Crippen LogP contribution in [0.4, 0.5) is 5.82 Å². The van der Waals surface area contributed by atoms with Crippen molar-refractivity contribution in [3.8, 4) is 5.75 Å². The number of para-hydroxylation sites is 1. The van der Waals surface area contributed by atoms with E-state index in [0.717, 1.165) is 21.8 Å². The van der Waals surface area contributed by atoms with E-state index in [2.05, 4.69) is 15.3 Å². The van der Waals surface area contributed by atoms with Gasteiger partial charge in [0.25, 0.3) is 0 Å². The molecule has 2 N–H and O–H groups in total. The van der Waals surface area contributed by atoms with E-state index < -0.39 is 6.10 Å². The van der Waals surface area contributed by atoms with Gasteiger partial charge in [-0.25, -0.2) is 9.97 Å². The monoisotopic (exact) mass is 301 g/mol. The minimum Gasteiger partial charge on any atom is -0.491 e. The summed E-state index contributed by atoms with van der Waals surface area (Å²) in [5.74, 6) is 1.49. The van der Waals surface area contributed by atoms with Gasteiger partial charge >= 0.3 is 0 Å². The zero-order valence-corrected chi connectivity index (χ0v) is 12.1. The Labute approximate surface area is 126 Å². The van der Waals surface area contributed by atoms with E-state index in [1.165, 1.54) is 6.33 Å². The highest BCUT2D eigenvalue weighted by Crippen LogP contribution is 2.23. The molecule has 0 saturated carbocycles. The number of aromatic nitrogens is 2. The molecule has 0 aliphatic rings.